The van der Waals surface area contributed by atoms with Crippen molar-refractivity contribution >= 4 is 23.9 Å². The molecule has 0 spiro atoms. The molecule has 0 aliphatic carbocycles. The Hall–Kier alpha value is -2.24. The highest BCUT2D eigenvalue weighted by Crippen LogP contribution is 2.07. The lowest BCUT2D eigenvalue weighted by Gasteiger charge is -2.25. The summed E-state index contributed by atoms with van der Waals surface area (Å²) in [6.07, 6.45) is 6.33. The van der Waals surface area contributed by atoms with Gasteiger partial charge in [-0.15, -0.1) is 0 Å². The van der Waals surface area contributed by atoms with Crippen LogP contribution in [-0.2, 0) is 38.1 Å². The molecular formula is C39H75N3O8. The van der Waals surface area contributed by atoms with E-state index in [1.54, 1.807) is 0 Å². The second-order valence-electron chi connectivity index (χ2n) is 15.3. The van der Waals surface area contributed by atoms with Crippen molar-refractivity contribution in [1.82, 2.24) is 14.7 Å². The molecule has 0 aliphatic heterocycles. The second kappa shape index (κ2) is 30.4. The van der Waals surface area contributed by atoms with Crippen LogP contribution in [0.3, 0.4) is 0 Å². The molecule has 0 aromatic rings. The summed E-state index contributed by atoms with van der Waals surface area (Å²) in [4.78, 5) is 55.9. The van der Waals surface area contributed by atoms with Crippen molar-refractivity contribution in [2.45, 2.75) is 120 Å². The van der Waals surface area contributed by atoms with E-state index in [0.29, 0.717) is 102 Å². The molecule has 0 rings (SSSR count). The summed E-state index contributed by atoms with van der Waals surface area (Å²) in [5.41, 5.74) is 0. The number of hydrogen-bond donors (Lipinski definition) is 0. The lowest BCUT2D eigenvalue weighted by molar-refractivity contribution is -0.146. The van der Waals surface area contributed by atoms with Crippen molar-refractivity contribution < 1.29 is 38.1 Å². The van der Waals surface area contributed by atoms with Crippen molar-refractivity contribution in [2.75, 3.05) is 85.8 Å². The molecule has 0 aromatic carbocycles. The summed E-state index contributed by atoms with van der Waals surface area (Å²) < 4.78 is 21.6. The number of nitrogens with zero attached hydrogens (tertiary/aromatic N) is 3. The Bertz CT molecular complexity index is 767. The van der Waals surface area contributed by atoms with Gasteiger partial charge in [-0.05, 0) is 95.4 Å². The Morgan fingerprint density at radius 3 is 0.860 bits per heavy atom. The molecule has 0 saturated carbocycles. The van der Waals surface area contributed by atoms with E-state index in [-0.39, 0.29) is 23.9 Å². The van der Waals surface area contributed by atoms with Gasteiger partial charge in [0, 0.05) is 26.2 Å². The molecule has 0 heterocycles. The Morgan fingerprint density at radius 2 is 0.640 bits per heavy atom. The average Bonchev–Trinajstić information content (AvgIpc) is 3.02. The third-order valence-electron chi connectivity index (χ3n) is 8.39. The first-order valence-corrected chi connectivity index (χ1v) is 19.4. The first-order chi connectivity index (χ1) is 23.7. The van der Waals surface area contributed by atoms with Crippen LogP contribution in [0.25, 0.3) is 0 Å². The molecule has 0 amide bonds. The summed E-state index contributed by atoms with van der Waals surface area (Å²) >= 11 is 0. The van der Waals surface area contributed by atoms with Crippen LogP contribution in [0.15, 0.2) is 0 Å². The van der Waals surface area contributed by atoms with Gasteiger partial charge in [-0.25, -0.2) is 0 Å². The predicted molar refractivity (Wildman–Crippen MR) is 200 cm³/mol. The van der Waals surface area contributed by atoms with Crippen LogP contribution < -0.4 is 0 Å². The Kier molecular flexibility index (Phi) is 29.0. The zero-order valence-corrected chi connectivity index (χ0v) is 33.5. The fourth-order valence-electron chi connectivity index (χ4n) is 4.83. The van der Waals surface area contributed by atoms with Crippen molar-refractivity contribution in [3.8, 4) is 0 Å². The van der Waals surface area contributed by atoms with Crippen molar-refractivity contribution in [3.05, 3.63) is 0 Å². The van der Waals surface area contributed by atoms with E-state index < -0.39 is 0 Å². The molecule has 0 bridgehead atoms. The maximum atomic E-state index is 12.3. The van der Waals surface area contributed by atoms with Gasteiger partial charge in [0.1, 0.15) is 0 Å². The molecule has 11 nitrogen and oxygen atoms in total. The van der Waals surface area contributed by atoms with Gasteiger partial charge in [0.2, 0.25) is 0 Å². The Labute approximate surface area is 305 Å². The predicted octanol–water partition coefficient (Wildman–Crippen LogP) is 6.22. The molecule has 50 heavy (non-hydrogen) atoms. The number of hydrogen-bond acceptors (Lipinski definition) is 11. The minimum absolute atomic E-state index is 0.204. The molecule has 0 saturated heterocycles. The average molecular weight is 714 g/mol. The van der Waals surface area contributed by atoms with Crippen LogP contribution >= 0.6 is 0 Å². The van der Waals surface area contributed by atoms with Crippen LogP contribution in [-0.4, -0.2) is 124 Å². The molecule has 0 N–H and O–H groups in total. The molecule has 0 aromatic heterocycles. The van der Waals surface area contributed by atoms with Crippen LogP contribution in [0.2, 0.25) is 0 Å². The van der Waals surface area contributed by atoms with Crippen LogP contribution in [0.4, 0.5) is 0 Å². The minimum Gasteiger partial charge on any atom is -0.466 e. The van der Waals surface area contributed by atoms with E-state index in [2.05, 4.69) is 77.1 Å². The van der Waals surface area contributed by atoms with Gasteiger partial charge in [-0.1, -0.05) is 55.4 Å². The van der Waals surface area contributed by atoms with Crippen LogP contribution in [0.1, 0.15) is 120 Å². The van der Waals surface area contributed by atoms with E-state index in [1.165, 1.54) is 0 Å². The molecule has 294 valence electrons. The SMILES string of the molecule is CC(C)CCOC(=O)CCN(CCCN(C)CCCN(CCC(=O)OCCC(C)C)CCC(=O)OCCC(C)C)CCC(=O)OCCC(C)C. The number of carbonyl (C=O) groups excluding carboxylic acids is 4. The molecule has 11 heteroatoms. The molecule has 0 unspecified atom stereocenters. The van der Waals surface area contributed by atoms with Gasteiger partial charge in [-0.3, -0.25) is 19.2 Å². The van der Waals surface area contributed by atoms with E-state index in [1.807, 2.05) is 0 Å². The first-order valence-electron chi connectivity index (χ1n) is 19.4. The highest BCUT2D eigenvalue weighted by Gasteiger charge is 2.15. The quantitative estimate of drug-likeness (QED) is 0.0585. The smallest absolute Gasteiger partial charge is 0.307 e. The summed E-state index contributed by atoms with van der Waals surface area (Å²) in [5, 5.41) is 0. The number of esters is 4. The number of carbonyl (C=O) groups is 4. The van der Waals surface area contributed by atoms with Gasteiger partial charge in [0.25, 0.3) is 0 Å². The maximum absolute atomic E-state index is 12.3. The first kappa shape index (κ1) is 47.8. The van der Waals surface area contributed by atoms with Gasteiger partial charge < -0.3 is 33.6 Å². The van der Waals surface area contributed by atoms with Crippen molar-refractivity contribution in [3.63, 3.8) is 0 Å². The minimum atomic E-state index is -0.204. The lowest BCUT2D eigenvalue weighted by atomic mass is 10.1. The summed E-state index contributed by atoms with van der Waals surface area (Å²) in [5.74, 6) is 1.10. The van der Waals surface area contributed by atoms with Crippen LogP contribution in [0.5, 0.6) is 0 Å². The Morgan fingerprint density at radius 1 is 0.400 bits per heavy atom. The van der Waals surface area contributed by atoms with Crippen molar-refractivity contribution in [1.29, 1.82) is 0 Å². The van der Waals surface area contributed by atoms with E-state index in [4.69, 9.17) is 18.9 Å². The Balaban J connectivity index is 4.88. The van der Waals surface area contributed by atoms with Gasteiger partial charge in [0.15, 0.2) is 0 Å². The third kappa shape index (κ3) is 31.7. The standard InChI is InChI=1S/C39H75N3O8/c1-32(2)16-28-47-36(43)12-24-41(25-13-37(44)48-29-17-33(3)4)22-10-20-40(9)21-11-23-42(26-14-38(45)49-30-18-34(5)6)27-15-39(46)50-31-19-35(7)8/h32-35H,10-31H2,1-9H3. The lowest BCUT2D eigenvalue weighted by Crippen LogP contribution is -2.34. The molecular weight excluding hydrogens is 638 g/mol. The van der Waals surface area contributed by atoms with E-state index >= 15 is 0 Å². The highest BCUT2D eigenvalue weighted by molar-refractivity contribution is 5.71. The molecule has 0 radical (unpaired) electrons. The number of rotatable bonds is 32. The fourth-order valence-corrected chi connectivity index (χ4v) is 4.83. The largest absolute Gasteiger partial charge is 0.466 e. The molecule has 0 atom stereocenters. The normalized spacial score (nSPS) is 11.8. The topological polar surface area (TPSA) is 115 Å². The van der Waals surface area contributed by atoms with E-state index in [9.17, 15) is 19.2 Å². The number of ether oxygens (including phenoxy) is 4. The molecule has 0 aliphatic rings. The van der Waals surface area contributed by atoms with E-state index in [0.717, 1.165) is 64.7 Å². The summed E-state index contributed by atoms with van der Waals surface area (Å²) in [7, 11) is 2.09. The third-order valence-corrected chi connectivity index (χ3v) is 8.39. The second-order valence-corrected chi connectivity index (χ2v) is 15.3. The fraction of sp³-hybridized carbons (Fsp3) is 0.897. The zero-order chi connectivity index (χ0) is 37.7. The monoisotopic (exact) mass is 714 g/mol. The van der Waals surface area contributed by atoms with Gasteiger partial charge in [0.05, 0.1) is 52.1 Å². The highest BCUT2D eigenvalue weighted by atomic mass is 16.5. The van der Waals surface area contributed by atoms with Gasteiger partial charge >= 0.3 is 23.9 Å². The molecule has 0 fully saturated rings. The van der Waals surface area contributed by atoms with Crippen molar-refractivity contribution in [2.24, 2.45) is 23.7 Å². The summed E-state index contributed by atoms with van der Waals surface area (Å²) in [6.45, 7) is 24.0. The van der Waals surface area contributed by atoms with Crippen LogP contribution in [0, 0.1) is 23.7 Å². The summed E-state index contributed by atoms with van der Waals surface area (Å²) in [6, 6.07) is 0. The zero-order valence-electron chi connectivity index (χ0n) is 33.5. The maximum Gasteiger partial charge on any atom is 0.307 e. The van der Waals surface area contributed by atoms with Gasteiger partial charge in [-0.2, -0.15) is 0 Å².